The van der Waals surface area contributed by atoms with Crippen LogP contribution < -0.4 is 5.32 Å². The van der Waals surface area contributed by atoms with Crippen LogP contribution in [0.4, 0.5) is 4.79 Å². The number of esters is 1. The van der Waals surface area contributed by atoms with E-state index in [-0.39, 0.29) is 25.0 Å². The first-order valence-electron chi connectivity index (χ1n) is 13.6. The minimum Gasteiger partial charge on any atom is -0.480 e. The van der Waals surface area contributed by atoms with E-state index in [0.29, 0.717) is 5.56 Å². The highest BCUT2D eigenvalue weighted by Gasteiger charge is 2.30. The van der Waals surface area contributed by atoms with E-state index in [1.165, 1.54) is 0 Å². The second-order valence-corrected chi connectivity index (χ2v) is 10.3. The Morgan fingerprint density at radius 1 is 0.780 bits per heavy atom. The molecule has 1 amide bonds. The van der Waals surface area contributed by atoms with Gasteiger partial charge in [-0.25, -0.2) is 14.4 Å². The zero-order chi connectivity index (χ0) is 28.9. The summed E-state index contributed by atoms with van der Waals surface area (Å²) in [5.41, 5.74) is 7.16. The Bertz CT molecular complexity index is 1530. The zero-order valence-electron chi connectivity index (χ0n) is 22.9. The largest absolute Gasteiger partial charge is 0.480 e. The van der Waals surface area contributed by atoms with E-state index >= 15 is 0 Å². The van der Waals surface area contributed by atoms with Crippen LogP contribution in [0.2, 0.25) is 0 Å². The molecule has 0 fully saturated rings. The monoisotopic (exact) mass is 549 g/mol. The van der Waals surface area contributed by atoms with Gasteiger partial charge in [-0.15, -0.1) is 0 Å². The van der Waals surface area contributed by atoms with Crippen molar-refractivity contribution < 1.29 is 29.0 Å². The van der Waals surface area contributed by atoms with E-state index in [9.17, 15) is 19.5 Å². The summed E-state index contributed by atoms with van der Waals surface area (Å²) in [5, 5.41) is 12.5. The summed E-state index contributed by atoms with van der Waals surface area (Å²) in [5.74, 6) is -1.70. The van der Waals surface area contributed by atoms with Gasteiger partial charge >= 0.3 is 18.0 Å². The number of fused-ring (bicyclic) bond motifs is 3. The number of ether oxygens (including phenoxy) is 2. The van der Waals surface area contributed by atoms with E-state index in [0.717, 1.165) is 38.9 Å². The van der Waals surface area contributed by atoms with Crippen LogP contribution >= 0.6 is 0 Å². The molecule has 0 spiro atoms. The maximum atomic E-state index is 12.8. The molecule has 7 heteroatoms. The molecule has 0 aromatic heterocycles. The van der Waals surface area contributed by atoms with Crippen molar-refractivity contribution in [2.24, 2.45) is 0 Å². The summed E-state index contributed by atoms with van der Waals surface area (Å²) in [4.78, 5) is 37.2. The number of aliphatic carboxylic acids is 1. The predicted octanol–water partition coefficient (Wildman–Crippen LogP) is 6.45. The average molecular weight is 550 g/mol. The highest BCUT2D eigenvalue weighted by Crippen LogP contribution is 2.44. The Labute approximate surface area is 238 Å². The van der Waals surface area contributed by atoms with Gasteiger partial charge < -0.3 is 19.9 Å². The molecule has 41 heavy (non-hydrogen) atoms. The van der Waals surface area contributed by atoms with Gasteiger partial charge in [-0.1, -0.05) is 84.9 Å². The molecule has 0 saturated carbocycles. The van der Waals surface area contributed by atoms with Gasteiger partial charge in [-0.3, -0.25) is 0 Å². The fourth-order valence-corrected chi connectivity index (χ4v) is 5.25. The highest BCUT2D eigenvalue weighted by molar-refractivity contribution is 5.90. The second kappa shape index (κ2) is 12.1. The van der Waals surface area contributed by atoms with E-state index in [1.54, 1.807) is 38.1 Å². The summed E-state index contributed by atoms with van der Waals surface area (Å²) < 4.78 is 10.8. The molecule has 1 aliphatic carbocycles. The van der Waals surface area contributed by atoms with Gasteiger partial charge in [0.05, 0.1) is 11.7 Å². The third kappa shape index (κ3) is 6.14. The number of amides is 1. The minimum absolute atomic E-state index is 0.0485. The first kappa shape index (κ1) is 27.6. The van der Waals surface area contributed by atoms with Gasteiger partial charge in [0.15, 0.2) is 0 Å². The number of nitrogens with one attached hydrogen (secondary N) is 1. The Kier molecular flexibility index (Phi) is 8.15. The van der Waals surface area contributed by atoms with Crippen molar-refractivity contribution in [2.75, 3.05) is 6.61 Å². The summed E-state index contributed by atoms with van der Waals surface area (Å²) in [6, 6.07) is 29.2. The molecular weight excluding hydrogens is 518 g/mol. The molecule has 208 valence electrons. The van der Waals surface area contributed by atoms with Crippen molar-refractivity contribution >= 4 is 18.0 Å². The van der Waals surface area contributed by atoms with Crippen molar-refractivity contribution in [3.8, 4) is 22.3 Å². The first-order chi connectivity index (χ1) is 19.8. The molecule has 2 N–H and O–H groups in total. The molecule has 4 aromatic rings. The highest BCUT2D eigenvalue weighted by atomic mass is 16.6. The molecule has 0 heterocycles. The maximum Gasteiger partial charge on any atom is 0.407 e. The van der Waals surface area contributed by atoms with Crippen molar-refractivity contribution in [1.29, 1.82) is 0 Å². The third-order valence-electron chi connectivity index (χ3n) is 7.15. The summed E-state index contributed by atoms with van der Waals surface area (Å²) in [6.45, 7) is 3.67. The van der Waals surface area contributed by atoms with Crippen LogP contribution in [-0.2, 0) is 20.7 Å². The molecule has 1 atom stereocenters. The Morgan fingerprint density at radius 3 is 1.93 bits per heavy atom. The van der Waals surface area contributed by atoms with Crippen molar-refractivity contribution in [1.82, 2.24) is 5.32 Å². The zero-order valence-corrected chi connectivity index (χ0v) is 22.9. The van der Waals surface area contributed by atoms with E-state index in [1.807, 2.05) is 60.7 Å². The first-order valence-corrected chi connectivity index (χ1v) is 13.6. The number of benzene rings is 4. The Balaban J connectivity index is 1.27. The van der Waals surface area contributed by atoms with E-state index in [2.05, 4.69) is 17.4 Å². The number of carbonyl (C=O) groups is 3. The lowest BCUT2D eigenvalue weighted by molar-refractivity contribution is -0.139. The van der Waals surface area contributed by atoms with Gasteiger partial charge in [0.25, 0.3) is 0 Å². The van der Waals surface area contributed by atoms with Crippen molar-refractivity contribution in [3.05, 3.63) is 119 Å². The SMILES string of the molecule is CC(C)OC(=O)c1ccc(-c2ccccc2CC(NC(=O)OCC2c3ccccc3-c3ccccc32)C(=O)O)cc1. The lowest BCUT2D eigenvalue weighted by Gasteiger charge is -2.19. The normalized spacial score (nSPS) is 12.8. The number of rotatable bonds is 9. The van der Waals surface area contributed by atoms with Gasteiger partial charge in [0, 0.05) is 12.3 Å². The van der Waals surface area contributed by atoms with Gasteiger partial charge in [0.1, 0.15) is 12.6 Å². The Morgan fingerprint density at radius 2 is 1.34 bits per heavy atom. The smallest absolute Gasteiger partial charge is 0.407 e. The summed E-state index contributed by atoms with van der Waals surface area (Å²) >= 11 is 0. The van der Waals surface area contributed by atoms with Crippen molar-refractivity contribution in [3.63, 3.8) is 0 Å². The Hall–Kier alpha value is -4.91. The molecule has 0 radical (unpaired) electrons. The van der Waals surface area contributed by atoms with Crippen LogP contribution in [0.25, 0.3) is 22.3 Å². The molecule has 4 aromatic carbocycles. The third-order valence-corrected chi connectivity index (χ3v) is 7.15. The van der Waals surface area contributed by atoms with Crippen LogP contribution in [0.15, 0.2) is 97.1 Å². The molecule has 5 rings (SSSR count). The van der Waals surface area contributed by atoms with Crippen LogP contribution in [0.3, 0.4) is 0 Å². The quantitative estimate of drug-likeness (QED) is 0.233. The van der Waals surface area contributed by atoms with Gasteiger partial charge in [-0.05, 0) is 64.9 Å². The number of hydrogen-bond acceptors (Lipinski definition) is 5. The predicted molar refractivity (Wildman–Crippen MR) is 156 cm³/mol. The summed E-state index contributed by atoms with van der Waals surface area (Å²) in [7, 11) is 0. The topological polar surface area (TPSA) is 102 Å². The minimum atomic E-state index is -1.20. The maximum absolute atomic E-state index is 12.8. The lowest BCUT2D eigenvalue weighted by atomic mass is 9.94. The van der Waals surface area contributed by atoms with E-state index < -0.39 is 24.1 Å². The van der Waals surface area contributed by atoms with Crippen LogP contribution in [-0.4, -0.2) is 41.9 Å². The van der Waals surface area contributed by atoms with Crippen molar-refractivity contribution in [2.45, 2.75) is 38.3 Å². The van der Waals surface area contributed by atoms with Crippen LogP contribution in [0, 0.1) is 0 Å². The number of carboxylic acids is 1. The molecule has 7 nitrogen and oxygen atoms in total. The van der Waals surface area contributed by atoms with Crippen LogP contribution in [0.1, 0.15) is 46.8 Å². The molecular formula is C34H31NO6. The molecule has 1 aliphatic rings. The van der Waals surface area contributed by atoms with E-state index in [4.69, 9.17) is 9.47 Å². The second-order valence-electron chi connectivity index (χ2n) is 10.3. The number of alkyl carbamates (subject to hydrolysis) is 1. The number of carboxylic acid groups (broad SMARTS) is 1. The fraction of sp³-hybridized carbons (Fsp3) is 0.206. The molecule has 0 bridgehead atoms. The molecule has 0 saturated heterocycles. The van der Waals surface area contributed by atoms with Crippen LogP contribution in [0.5, 0.6) is 0 Å². The molecule has 1 unspecified atom stereocenters. The standard InChI is InChI=1S/C34H31NO6/c1-21(2)41-33(38)23-17-15-22(16-18-23)25-10-4-3-9-24(25)19-31(32(36)37)35-34(39)40-20-30-28-13-7-5-11-26(28)27-12-6-8-14-29(27)30/h3-18,21,30-31H,19-20H2,1-2H3,(H,35,39)(H,36,37). The summed E-state index contributed by atoms with van der Waals surface area (Å²) in [6.07, 6.45) is -0.961. The van der Waals surface area contributed by atoms with Gasteiger partial charge in [0.2, 0.25) is 0 Å². The number of hydrogen-bond donors (Lipinski definition) is 2. The van der Waals surface area contributed by atoms with Gasteiger partial charge in [-0.2, -0.15) is 0 Å². The lowest BCUT2D eigenvalue weighted by Crippen LogP contribution is -2.43. The molecule has 0 aliphatic heterocycles. The average Bonchev–Trinajstić information content (AvgIpc) is 3.29. The number of carbonyl (C=O) groups excluding carboxylic acids is 2. The fourth-order valence-electron chi connectivity index (χ4n) is 5.25.